The second-order valence-electron chi connectivity index (χ2n) is 2.09. The van der Waals surface area contributed by atoms with Crippen molar-refractivity contribution in [3.05, 3.63) is 0 Å². The highest BCUT2D eigenvalue weighted by Crippen LogP contribution is 2.20. The first-order valence-corrected chi connectivity index (χ1v) is 5.44. The summed E-state index contributed by atoms with van der Waals surface area (Å²) >= 11 is 0. The topological polar surface area (TPSA) is 47.7 Å². The maximum absolute atomic E-state index is 7.09. The van der Waals surface area contributed by atoms with Gasteiger partial charge in [0.1, 0.15) is 0 Å². The molecule has 10 heavy (non-hydrogen) atoms. The average Bonchev–Trinajstić information content (AvgIpc) is 1.79. The molecular formula is C6H12N2S2. The van der Waals surface area contributed by atoms with E-state index in [1.807, 2.05) is 0 Å². The minimum Gasteiger partial charge on any atom is -0.309 e. The van der Waals surface area contributed by atoms with E-state index in [1.54, 1.807) is 35.4 Å². The minimum atomic E-state index is 0.695. The van der Waals surface area contributed by atoms with Gasteiger partial charge >= 0.3 is 0 Å². The molecule has 0 aliphatic heterocycles. The molecule has 2 nitrogen and oxygen atoms in total. The van der Waals surface area contributed by atoms with Crippen LogP contribution in [0.1, 0.15) is 13.8 Å². The van der Waals surface area contributed by atoms with Crippen LogP contribution in [-0.4, -0.2) is 22.9 Å². The number of rotatable bonds is 5. The normalized spacial score (nSPS) is 9.40. The zero-order valence-electron chi connectivity index (χ0n) is 6.23. The summed E-state index contributed by atoms with van der Waals surface area (Å²) in [7, 11) is 3.28. The second kappa shape index (κ2) is 5.80. The third kappa shape index (κ3) is 8.04. The number of nitrogens with one attached hydrogen (secondary N) is 2. The lowest BCUT2D eigenvalue weighted by atomic mass is 10.5. The molecule has 0 atom stereocenters. The van der Waals surface area contributed by atoms with Crippen LogP contribution in [0.15, 0.2) is 0 Å². The van der Waals surface area contributed by atoms with Crippen molar-refractivity contribution in [2.24, 2.45) is 0 Å². The van der Waals surface area contributed by atoms with Crippen molar-refractivity contribution in [2.75, 3.05) is 11.5 Å². The van der Waals surface area contributed by atoms with Crippen LogP contribution in [0.5, 0.6) is 0 Å². The Labute approximate surface area is 69.6 Å². The van der Waals surface area contributed by atoms with Gasteiger partial charge in [-0.15, -0.1) is 0 Å². The van der Waals surface area contributed by atoms with Crippen LogP contribution in [0.2, 0.25) is 0 Å². The van der Waals surface area contributed by atoms with Gasteiger partial charge < -0.3 is 10.8 Å². The Balaban J connectivity index is 3.06. The molecule has 4 heteroatoms. The second-order valence-corrected chi connectivity index (χ2v) is 4.55. The molecule has 0 aromatic heterocycles. The standard InChI is InChI=1S/C6H12N2S2/c1-5(7)3-9-10-4-6(2)8/h7-8H,3-4H2,1-2H3. The third-order valence-electron chi connectivity index (χ3n) is 0.634. The van der Waals surface area contributed by atoms with Crippen LogP contribution in [0.3, 0.4) is 0 Å². The highest BCUT2D eigenvalue weighted by atomic mass is 33.1. The largest absolute Gasteiger partial charge is 0.309 e. The fourth-order valence-electron chi connectivity index (χ4n) is 0.260. The summed E-state index contributed by atoms with van der Waals surface area (Å²) in [6.45, 7) is 3.59. The van der Waals surface area contributed by atoms with E-state index < -0.39 is 0 Å². The molecule has 0 aliphatic rings. The Kier molecular flexibility index (Phi) is 5.82. The molecule has 0 amide bonds. The Bertz CT molecular complexity index is 118. The quantitative estimate of drug-likeness (QED) is 0.384. The molecular weight excluding hydrogens is 164 g/mol. The summed E-state index contributed by atoms with van der Waals surface area (Å²) in [5, 5.41) is 14.2. The van der Waals surface area contributed by atoms with Crippen molar-refractivity contribution in [3.63, 3.8) is 0 Å². The van der Waals surface area contributed by atoms with Gasteiger partial charge in [-0.3, -0.25) is 0 Å². The predicted molar refractivity (Wildman–Crippen MR) is 51.7 cm³/mol. The lowest BCUT2D eigenvalue weighted by molar-refractivity contribution is 1.46. The summed E-state index contributed by atoms with van der Waals surface area (Å²) < 4.78 is 0. The minimum absolute atomic E-state index is 0.695. The van der Waals surface area contributed by atoms with E-state index in [-0.39, 0.29) is 0 Å². The summed E-state index contributed by atoms with van der Waals surface area (Å²) in [4.78, 5) is 0. The van der Waals surface area contributed by atoms with Gasteiger partial charge in [-0.05, 0) is 13.8 Å². The molecule has 0 rings (SSSR count). The molecule has 58 valence electrons. The Morgan fingerprint density at radius 1 is 1.00 bits per heavy atom. The Hall–Kier alpha value is 0.0400. The summed E-state index contributed by atoms with van der Waals surface area (Å²) in [5.74, 6) is 1.55. The highest BCUT2D eigenvalue weighted by molar-refractivity contribution is 8.77. The molecule has 0 heterocycles. The van der Waals surface area contributed by atoms with Crippen LogP contribution in [0, 0.1) is 10.8 Å². The maximum atomic E-state index is 7.09. The van der Waals surface area contributed by atoms with E-state index in [4.69, 9.17) is 10.8 Å². The molecule has 0 fully saturated rings. The van der Waals surface area contributed by atoms with Gasteiger partial charge in [0.2, 0.25) is 0 Å². The fraction of sp³-hybridized carbons (Fsp3) is 0.667. The number of hydrogen-bond donors (Lipinski definition) is 2. The van der Waals surface area contributed by atoms with Crippen molar-refractivity contribution in [1.29, 1.82) is 10.8 Å². The van der Waals surface area contributed by atoms with E-state index in [0.29, 0.717) is 11.4 Å². The summed E-state index contributed by atoms with van der Waals surface area (Å²) in [5.41, 5.74) is 1.39. The van der Waals surface area contributed by atoms with Gasteiger partial charge in [0.05, 0.1) is 0 Å². The molecule has 0 unspecified atom stereocenters. The average molecular weight is 176 g/mol. The van der Waals surface area contributed by atoms with Crippen LogP contribution in [0.25, 0.3) is 0 Å². The molecule has 0 saturated carbocycles. The molecule has 0 radical (unpaired) electrons. The lowest BCUT2D eigenvalue weighted by Gasteiger charge is -1.96. The third-order valence-corrected chi connectivity index (χ3v) is 3.11. The molecule has 0 saturated heterocycles. The smallest absolute Gasteiger partial charge is 0.0413 e. The van der Waals surface area contributed by atoms with Crippen molar-refractivity contribution < 1.29 is 0 Å². The van der Waals surface area contributed by atoms with Crippen molar-refractivity contribution >= 4 is 33.0 Å². The highest BCUT2D eigenvalue weighted by Gasteiger charge is 1.92. The summed E-state index contributed by atoms with van der Waals surface area (Å²) in [6.07, 6.45) is 0. The molecule has 0 bridgehead atoms. The van der Waals surface area contributed by atoms with Gasteiger partial charge in [-0.25, -0.2) is 0 Å². The van der Waals surface area contributed by atoms with Crippen LogP contribution in [-0.2, 0) is 0 Å². The Morgan fingerprint density at radius 3 is 1.50 bits per heavy atom. The number of hydrogen-bond acceptors (Lipinski definition) is 4. The zero-order chi connectivity index (χ0) is 7.98. The van der Waals surface area contributed by atoms with Crippen LogP contribution < -0.4 is 0 Å². The monoisotopic (exact) mass is 176 g/mol. The first-order chi connectivity index (χ1) is 4.63. The first kappa shape index (κ1) is 10.0. The van der Waals surface area contributed by atoms with Gasteiger partial charge in [-0.2, -0.15) is 0 Å². The van der Waals surface area contributed by atoms with E-state index >= 15 is 0 Å². The lowest BCUT2D eigenvalue weighted by Crippen LogP contribution is -1.93. The molecule has 0 spiro atoms. The van der Waals surface area contributed by atoms with Crippen molar-refractivity contribution in [1.82, 2.24) is 0 Å². The van der Waals surface area contributed by atoms with E-state index in [0.717, 1.165) is 11.5 Å². The van der Waals surface area contributed by atoms with Gasteiger partial charge in [-0.1, -0.05) is 21.6 Å². The van der Waals surface area contributed by atoms with E-state index in [9.17, 15) is 0 Å². The molecule has 0 aromatic carbocycles. The van der Waals surface area contributed by atoms with Crippen LogP contribution >= 0.6 is 21.6 Å². The van der Waals surface area contributed by atoms with Gasteiger partial charge in [0.15, 0.2) is 0 Å². The van der Waals surface area contributed by atoms with Gasteiger partial charge in [0, 0.05) is 22.9 Å². The predicted octanol–water partition coefficient (Wildman–Crippen LogP) is 2.45. The zero-order valence-corrected chi connectivity index (χ0v) is 7.86. The van der Waals surface area contributed by atoms with Gasteiger partial charge in [0.25, 0.3) is 0 Å². The maximum Gasteiger partial charge on any atom is 0.0413 e. The molecule has 2 N–H and O–H groups in total. The summed E-state index contributed by atoms with van der Waals surface area (Å²) in [6, 6.07) is 0. The van der Waals surface area contributed by atoms with E-state index in [2.05, 4.69) is 0 Å². The fourth-order valence-corrected chi connectivity index (χ4v) is 2.34. The van der Waals surface area contributed by atoms with Crippen molar-refractivity contribution in [2.45, 2.75) is 13.8 Å². The molecule has 0 aliphatic carbocycles. The van der Waals surface area contributed by atoms with Crippen molar-refractivity contribution in [3.8, 4) is 0 Å². The molecule has 0 aromatic rings. The van der Waals surface area contributed by atoms with Crippen LogP contribution in [0.4, 0.5) is 0 Å². The SMILES string of the molecule is CC(=N)CSSCC(C)=N. The first-order valence-electron chi connectivity index (χ1n) is 2.95. The van der Waals surface area contributed by atoms with E-state index in [1.165, 1.54) is 0 Å². The Morgan fingerprint density at radius 2 is 1.30 bits per heavy atom.